The Balaban J connectivity index is 0.966. The lowest BCUT2D eigenvalue weighted by Crippen LogP contribution is -2.58. The Labute approximate surface area is 352 Å². The third kappa shape index (κ3) is 10.1. The van der Waals surface area contributed by atoms with Crippen LogP contribution in [0.3, 0.4) is 0 Å². The van der Waals surface area contributed by atoms with Gasteiger partial charge in [0.2, 0.25) is 21.8 Å². The van der Waals surface area contributed by atoms with Crippen molar-refractivity contribution in [2.24, 2.45) is 5.92 Å². The van der Waals surface area contributed by atoms with E-state index < -0.39 is 74.8 Å². The van der Waals surface area contributed by atoms with E-state index in [1.54, 1.807) is 4.90 Å². The summed E-state index contributed by atoms with van der Waals surface area (Å²) in [5.74, 6) is -2.42. The molecule has 3 aliphatic carbocycles. The minimum Gasteiger partial charge on any atom is -0.446 e. The van der Waals surface area contributed by atoms with Crippen LogP contribution < -0.4 is 15.4 Å². The summed E-state index contributed by atoms with van der Waals surface area (Å²) in [4.78, 5) is 75.0. The molecule has 328 valence electrons. The molecule has 0 bridgehead atoms. The zero-order chi connectivity index (χ0) is 41.9. The molecular formula is C43H60N6O10S. The van der Waals surface area contributed by atoms with E-state index in [0.29, 0.717) is 45.2 Å². The minimum atomic E-state index is -3.91. The van der Waals surface area contributed by atoms with Gasteiger partial charge in [-0.05, 0) is 100 Å². The first-order valence-corrected chi connectivity index (χ1v) is 23.7. The van der Waals surface area contributed by atoms with Crippen LogP contribution >= 0.6 is 0 Å². The summed E-state index contributed by atoms with van der Waals surface area (Å²) in [7, 11) is -3.91. The second-order valence-electron chi connectivity index (χ2n) is 17.8. The number of ether oxygens (including phenoxy) is 3. The second kappa shape index (κ2) is 18.4. The molecule has 5 atom stereocenters. The van der Waals surface area contributed by atoms with Crippen molar-refractivity contribution in [3.8, 4) is 0 Å². The van der Waals surface area contributed by atoms with Gasteiger partial charge in [0.25, 0.3) is 5.91 Å². The molecular weight excluding hydrogens is 793 g/mol. The Morgan fingerprint density at radius 2 is 1.68 bits per heavy atom. The molecule has 4 heterocycles. The summed E-state index contributed by atoms with van der Waals surface area (Å²) in [6.45, 7) is 5.09. The van der Waals surface area contributed by atoms with Crippen LogP contribution in [-0.2, 0) is 58.1 Å². The highest BCUT2D eigenvalue weighted by atomic mass is 32.2. The van der Waals surface area contributed by atoms with Crippen LogP contribution in [0.25, 0.3) is 0 Å². The number of fused-ring (bicyclic) bond motifs is 3. The van der Waals surface area contributed by atoms with E-state index in [4.69, 9.17) is 14.2 Å². The van der Waals surface area contributed by atoms with E-state index in [1.807, 2.05) is 12.2 Å². The lowest BCUT2D eigenvalue weighted by atomic mass is 10.0. The van der Waals surface area contributed by atoms with Crippen molar-refractivity contribution in [2.45, 2.75) is 144 Å². The molecule has 0 spiro atoms. The molecule has 5 amide bonds. The quantitative estimate of drug-likeness (QED) is 0.292. The van der Waals surface area contributed by atoms with Gasteiger partial charge in [-0.3, -0.25) is 28.9 Å². The van der Waals surface area contributed by atoms with Gasteiger partial charge in [0.15, 0.2) is 0 Å². The molecule has 0 aromatic heterocycles. The van der Waals surface area contributed by atoms with Gasteiger partial charge in [-0.25, -0.2) is 18.0 Å². The number of rotatable bonds is 10. The second-order valence-corrected chi connectivity index (χ2v) is 19.7. The number of morpholine rings is 1. The fourth-order valence-electron chi connectivity index (χ4n) is 9.46. The number of hydrogen-bond acceptors (Lipinski definition) is 11. The lowest BCUT2D eigenvalue weighted by Gasteiger charge is -2.30. The van der Waals surface area contributed by atoms with Crippen LogP contribution in [0.2, 0.25) is 0 Å². The topological polar surface area (TPSA) is 193 Å². The smallest absolute Gasteiger partial charge is 0.410 e. The number of hydrogen-bond donors (Lipinski definition) is 3. The van der Waals surface area contributed by atoms with Gasteiger partial charge >= 0.3 is 12.2 Å². The van der Waals surface area contributed by atoms with Crippen molar-refractivity contribution in [1.29, 1.82) is 0 Å². The van der Waals surface area contributed by atoms with Crippen LogP contribution in [0.1, 0.15) is 107 Å². The van der Waals surface area contributed by atoms with Crippen molar-refractivity contribution in [3.63, 3.8) is 0 Å². The summed E-state index contributed by atoms with van der Waals surface area (Å²) < 4.78 is 45.1. The van der Waals surface area contributed by atoms with Crippen molar-refractivity contribution in [1.82, 2.24) is 30.1 Å². The van der Waals surface area contributed by atoms with E-state index in [9.17, 15) is 32.4 Å². The third-order valence-electron chi connectivity index (χ3n) is 13.3. The minimum absolute atomic E-state index is 0.0464. The van der Waals surface area contributed by atoms with E-state index in [1.165, 1.54) is 10.5 Å². The van der Waals surface area contributed by atoms with Crippen molar-refractivity contribution in [2.75, 3.05) is 39.4 Å². The summed E-state index contributed by atoms with van der Waals surface area (Å²) >= 11 is 0. The van der Waals surface area contributed by atoms with Gasteiger partial charge in [0, 0.05) is 38.5 Å². The van der Waals surface area contributed by atoms with Gasteiger partial charge < -0.3 is 29.7 Å². The molecule has 60 heavy (non-hydrogen) atoms. The molecule has 8 rings (SSSR count). The lowest BCUT2D eigenvalue weighted by molar-refractivity contribution is -0.141. The number of alkyl carbamates (subject to hydrolysis) is 1. The van der Waals surface area contributed by atoms with Gasteiger partial charge in [-0.1, -0.05) is 43.2 Å². The van der Waals surface area contributed by atoms with Gasteiger partial charge in [0.1, 0.15) is 29.8 Å². The number of aryl methyl sites for hydroxylation is 1. The molecule has 1 aromatic rings. The summed E-state index contributed by atoms with van der Waals surface area (Å²) in [5.41, 5.74) is 1.78. The van der Waals surface area contributed by atoms with Crippen LogP contribution in [0.4, 0.5) is 9.59 Å². The molecule has 4 aliphatic heterocycles. The molecule has 3 N–H and O–H groups in total. The van der Waals surface area contributed by atoms with Crippen molar-refractivity contribution in [3.05, 3.63) is 47.0 Å². The first-order valence-electron chi connectivity index (χ1n) is 22.2. The standard InChI is InChI=1S/C43H60N6O10S/c50-38-37-24-34(59-42(54)48-26-30-15-14-29(23-31(30)27-48)9-8-18-47-19-21-57-22-20-47)28-49(37)39(51)36(44-41(53)58-33-11-6-7-12-33)13-5-3-1-2-4-10-32-25-43(32,45-38)40(52)46-60(55,56)35-16-17-35/h4,10,14-15,23,32-37H,1-3,5-9,11-13,16-22,24-28H2,(H,44,53)(H,45,50)(H,46,52)/b10-4-/t32-,34-,36+,37+,43-/m1/s1. The number of benzene rings is 1. The summed E-state index contributed by atoms with van der Waals surface area (Å²) in [6.07, 6.45) is 11.1. The molecule has 0 radical (unpaired) electrons. The SMILES string of the molecule is O=C(N[C@H]1CCCCC/C=C\[C@@H]2C[C@@]2(C(=O)NS(=O)(=O)C2CC2)NC(=O)[C@@H]2C[C@@H](OC(=O)N3Cc4ccc(CCCN5CCOCC5)cc4C3)CN2C1=O)OC1CCCC1. The molecule has 1 aromatic carbocycles. The number of allylic oxidation sites excluding steroid dienone is 1. The normalized spacial score (nSPS) is 29.6. The maximum absolute atomic E-state index is 14.5. The van der Waals surface area contributed by atoms with Crippen molar-refractivity contribution >= 4 is 39.9 Å². The fraction of sp³-hybridized carbons (Fsp3) is 0.698. The molecule has 7 aliphatic rings. The molecule has 2 saturated heterocycles. The highest BCUT2D eigenvalue weighted by molar-refractivity contribution is 7.91. The van der Waals surface area contributed by atoms with Crippen LogP contribution in [0, 0.1) is 5.92 Å². The van der Waals surface area contributed by atoms with Gasteiger partial charge in [-0.15, -0.1) is 0 Å². The Morgan fingerprint density at radius 3 is 2.47 bits per heavy atom. The largest absolute Gasteiger partial charge is 0.446 e. The number of amides is 5. The first-order chi connectivity index (χ1) is 29.0. The maximum Gasteiger partial charge on any atom is 0.410 e. The fourth-order valence-corrected chi connectivity index (χ4v) is 10.8. The van der Waals surface area contributed by atoms with Crippen LogP contribution in [0.15, 0.2) is 30.4 Å². The van der Waals surface area contributed by atoms with Crippen molar-refractivity contribution < 1.29 is 46.6 Å². The third-order valence-corrected chi connectivity index (χ3v) is 15.1. The monoisotopic (exact) mass is 852 g/mol. The van der Waals surface area contributed by atoms with E-state index in [-0.39, 0.29) is 25.5 Å². The molecule has 5 fully saturated rings. The van der Waals surface area contributed by atoms with Gasteiger partial charge in [-0.2, -0.15) is 0 Å². The molecule has 17 heteroatoms. The maximum atomic E-state index is 14.5. The zero-order valence-corrected chi connectivity index (χ0v) is 35.3. The number of nitrogens with zero attached hydrogens (tertiary/aromatic N) is 3. The van der Waals surface area contributed by atoms with Crippen LogP contribution in [-0.4, -0.2) is 127 Å². The number of carbonyl (C=O) groups is 5. The molecule has 16 nitrogen and oxygen atoms in total. The molecule has 3 saturated carbocycles. The number of carbonyl (C=O) groups excluding carboxylic acids is 5. The van der Waals surface area contributed by atoms with Gasteiger partial charge in [0.05, 0.1) is 25.0 Å². The predicted molar refractivity (Wildman–Crippen MR) is 219 cm³/mol. The number of nitrogens with one attached hydrogen (secondary N) is 3. The highest BCUT2D eigenvalue weighted by Crippen LogP contribution is 2.46. The van der Waals surface area contributed by atoms with Crippen LogP contribution in [0.5, 0.6) is 0 Å². The van der Waals surface area contributed by atoms with E-state index >= 15 is 0 Å². The highest BCUT2D eigenvalue weighted by Gasteiger charge is 2.62. The van der Waals surface area contributed by atoms with E-state index in [2.05, 4.69) is 38.5 Å². The average molecular weight is 853 g/mol. The number of sulfonamides is 1. The first kappa shape index (κ1) is 42.5. The summed E-state index contributed by atoms with van der Waals surface area (Å²) in [5, 5.41) is 5.02. The summed E-state index contributed by atoms with van der Waals surface area (Å²) in [6, 6.07) is 4.16. The molecule has 0 unspecified atom stereocenters. The Hall–Kier alpha value is -4.22. The zero-order valence-electron chi connectivity index (χ0n) is 34.4. The Bertz CT molecular complexity index is 1930. The Morgan fingerprint density at radius 1 is 0.917 bits per heavy atom. The van der Waals surface area contributed by atoms with E-state index in [0.717, 1.165) is 95.3 Å². The predicted octanol–water partition coefficient (Wildman–Crippen LogP) is 3.41. The Kier molecular flexibility index (Phi) is 13.0. The average Bonchev–Trinajstić information content (AvgIpc) is 4.02.